The molecule has 106 valence electrons. The zero-order chi connectivity index (χ0) is 14.5. The van der Waals surface area contributed by atoms with Crippen molar-refractivity contribution in [3.05, 3.63) is 34.9 Å². The maximum Gasteiger partial charge on any atom is 0.104 e. The summed E-state index contributed by atoms with van der Waals surface area (Å²) in [6.07, 6.45) is 10.1. The van der Waals surface area contributed by atoms with Crippen LogP contribution in [-0.4, -0.2) is 0 Å². The molecule has 0 amide bonds. The Kier molecular flexibility index (Phi) is 3.16. The van der Waals surface area contributed by atoms with Gasteiger partial charge in [-0.1, -0.05) is 44.6 Å². The van der Waals surface area contributed by atoms with Gasteiger partial charge in [-0.05, 0) is 61.0 Å². The lowest BCUT2D eigenvalue weighted by molar-refractivity contribution is 0.161. The van der Waals surface area contributed by atoms with E-state index in [1.807, 2.05) is 0 Å². The third-order valence-corrected chi connectivity index (χ3v) is 6.02. The Morgan fingerprint density at radius 3 is 2.70 bits per heavy atom. The van der Waals surface area contributed by atoms with Crippen molar-refractivity contribution in [2.45, 2.75) is 47.0 Å². The summed E-state index contributed by atoms with van der Waals surface area (Å²) in [6, 6.07) is 2.74. The van der Waals surface area contributed by atoms with E-state index < -0.39 is 0 Å². The summed E-state index contributed by atoms with van der Waals surface area (Å²) in [4.78, 5) is 0. The fourth-order valence-corrected chi connectivity index (χ4v) is 4.82. The number of allylic oxidation sites excluding steroid dienone is 6. The molecule has 0 N–H and O–H groups in total. The molecule has 3 rings (SSSR count). The van der Waals surface area contributed by atoms with Crippen molar-refractivity contribution in [2.75, 3.05) is 0 Å². The number of rotatable bonds is 0. The van der Waals surface area contributed by atoms with Gasteiger partial charge in [-0.25, -0.2) is 0 Å². The first kappa shape index (κ1) is 13.7. The number of nitrogens with zero attached hydrogens (tertiary/aromatic N) is 1. The smallest absolute Gasteiger partial charge is 0.104 e. The second kappa shape index (κ2) is 4.62. The van der Waals surface area contributed by atoms with Crippen molar-refractivity contribution in [1.82, 2.24) is 0 Å². The van der Waals surface area contributed by atoms with Gasteiger partial charge in [0.2, 0.25) is 0 Å². The van der Waals surface area contributed by atoms with Crippen molar-refractivity contribution in [2.24, 2.45) is 29.1 Å². The minimum absolute atomic E-state index is 0.324. The Hall–Kier alpha value is -1.29. The van der Waals surface area contributed by atoms with Gasteiger partial charge in [-0.2, -0.15) is 5.26 Å². The Morgan fingerprint density at radius 1 is 1.30 bits per heavy atom. The average Bonchev–Trinajstić information content (AvgIpc) is 2.44. The van der Waals surface area contributed by atoms with Crippen LogP contribution in [-0.2, 0) is 0 Å². The van der Waals surface area contributed by atoms with E-state index in [-0.39, 0.29) is 5.41 Å². The van der Waals surface area contributed by atoms with Crippen LogP contribution >= 0.6 is 0 Å². The summed E-state index contributed by atoms with van der Waals surface area (Å²) in [5.74, 6) is 2.54. The second-order valence-electron chi connectivity index (χ2n) is 7.17. The van der Waals surface area contributed by atoms with Crippen molar-refractivity contribution in [1.29, 1.82) is 5.26 Å². The van der Waals surface area contributed by atoms with E-state index in [0.29, 0.717) is 23.7 Å². The predicted molar refractivity (Wildman–Crippen MR) is 82.8 cm³/mol. The summed E-state index contributed by atoms with van der Waals surface area (Å²) in [6.45, 7) is 9.12. The SMILES string of the molecule is C/C=C1\[C@@H]2CC3=C(C=CC(C)C3)[C@@]1(C#N)CC(C)[C@@H]2C. The van der Waals surface area contributed by atoms with Gasteiger partial charge in [0.15, 0.2) is 0 Å². The van der Waals surface area contributed by atoms with Gasteiger partial charge in [0.1, 0.15) is 5.41 Å². The summed E-state index contributed by atoms with van der Waals surface area (Å²) >= 11 is 0. The molecule has 1 saturated carbocycles. The maximum atomic E-state index is 10.0. The topological polar surface area (TPSA) is 23.8 Å². The van der Waals surface area contributed by atoms with Crippen molar-refractivity contribution in [3.63, 3.8) is 0 Å². The highest BCUT2D eigenvalue weighted by atomic mass is 14.6. The molecule has 0 spiro atoms. The molecule has 3 aliphatic rings. The van der Waals surface area contributed by atoms with E-state index in [4.69, 9.17) is 0 Å². The van der Waals surface area contributed by atoms with Crippen LogP contribution < -0.4 is 0 Å². The predicted octanol–water partition coefficient (Wildman–Crippen LogP) is 5.03. The Bertz CT molecular complexity index is 557. The monoisotopic (exact) mass is 267 g/mol. The number of nitriles is 1. The quantitative estimate of drug-likeness (QED) is 0.565. The van der Waals surface area contributed by atoms with E-state index >= 15 is 0 Å². The minimum Gasteiger partial charge on any atom is -0.197 e. The van der Waals surface area contributed by atoms with Crippen LogP contribution in [0, 0.1) is 40.4 Å². The van der Waals surface area contributed by atoms with Gasteiger partial charge >= 0.3 is 0 Å². The van der Waals surface area contributed by atoms with Crippen molar-refractivity contribution in [3.8, 4) is 6.07 Å². The zero-order valence-corrected chi connectivity index (χ0v) is 13.1. The van der Waals surface area contributed by atoms with Crippen LogP contribution in [0.5, 0.6) is 0 Å². The van der Waals surface area contributed by atoms with Gasteiger partial charge in [-0.15, -0.1) is 0 Å². The fraction of sp³-hybridized carbons (Fsp3) is 0.632. The van der Waals surface area contributed by atoms with Gasteiger partial charge < -0.3 is 0 Å². The standard InChI is InChI=1S/C19H25N/c1-5-17-16-9-15-8-12(2)6-7-18(15)19(17,11-20)10-13(3)14(16)4/h5-7,12-14,16H,8-10H2,1-4H3/b17-5+/t12?,13?,14-,16+,19+/m0/s1. The molecule has 20 heavy (non-hydrogen) atoms. The van der Waals surface area contributed by atoms with Gasteiger partial charge in [0, 0.05) is 0 Å². The normalized spacial score (nSPS) is 45.2. The molecule has 1 nitrogen and oxygen atoms in total. The average molecular weight is 267 g/mol. The zero-order valence-electron chi connectivity index (χ0n) is 13.1. The molecule has 0 aromatic carbocycles. The van der Waals surface area contributed by atoms with Crippen LogP contribution in [0.15, 0.2) is 34.9 Å². The molecule has 2 unspecified atom stereocenters. The molecule has 1 heteroatoms. The van der Waals surface area contributed by atoms with Crippen LogP contribution in [0.2, 0.25) is 0 Å². The van der Waals surface area contributed by atoms with E-state index in [0.717, 1.165) is 12.8 Å². The number of fused-ring (bicyclic) bond motifs is 3. The highest BCUT2D eigenvalue weighted by Crippen LogP contribution is 2.60. The molecular formula is C19H25N. The van der Waals surface area contributed by atoms with Gasteiger partial charge in [0.05, 0.1) is 6.07 Å². The summed E-state index contributed by atoms with van der Waals surface area (Å²) in [7, 11) is 0. The molecule has 0 heterocycles. The van der Waals surface area contributed by atoms with E-state index in [1.54, 1.807) is 5.57 Å². The summed E-state index contributed by atoms with van der Waals surface area (Å²) in [5, 5.41) is 10.0. The maximum absolute atomic E-state index is 10.0. The largest absolute Gasteiger partial charge is 0.197 e. The molecule has 0 aromatic heterocycles. The first-order valence-corrected chi connectivity index (χ1v) is 8.02. The Morgan fingerprint density at radius 2 is 2.05 bits per heavy atom. The van der Waals surface area contributed by atoms with Crippen molar-refractivity contribution < 1.29 is 0 Å². The molecule has 3 aliphatic carbocycles. The van der Waals surface area contributed by atoms with Gasteiger partial charge in [-0.3, -0.25) is 0 Å². The lowest BCUT2D eigenvalue weighted by Crippen LogP contribution is -2.44. The van der Waals surface area contributed by atoms with Crippen LogP contribution in [0.4, 0.5) is 0 Å². The molecule has 5 atom stereocenters. The summed E-state index contributed by atoms with van der Waals surface area (Å²) < 4.78 is 0. The first-order chi connectivity index (χ1) is 9.53. The first-order valence-electron chi connectivity index (χ1n) is 8.02. The number of hydrogen-bond acceptors (Lipinski definition) is 1. The van der Waals surface area contributed by atoms with Crippen molar-refractivity contribution >= 4 is 0 Å². The Labute approximate surface area is 123 Å². The highest BCUT2D eigenvalue weighted by Gasteiger charge is 2.52. The summed E-state index contributed by atoms with van der Waals surface area (Å²) in [5.41, 5.74) is 4.00. The highest BCUT2D eigenvalue weighted by molar-refractivity contribution is 5.53. The molecule has 0 aromatic rings. The lowest BCUT2D eigenvalue weighted by atomic mass is 9.50. The van der Waals surface area contributed by atoms with Crippen LogP contribution in [0.25, 0.3) is 0 Å². The Balaban J connectivity index is 2.20. The molecule has 0 radical (unpaired) electrons. The van der Waals surface area contributed by atoms with E-state index in [1.165, 1.54) is 17.6 Å². The molecular weight excluding hydrogens is 242 g/mol. The third kappa shape index (κ3) is 1.67. The van der Waals surface area contributed by atoms with E-state index in [9.17, 15) is 5.26 Å². The molecule has 1 fully saturated rings. The van der Waals surface area contributed by atoms with Gasteiger partial charge in [0.25, 0.3) is 0 Å². The number of hydrogen-bond donors (Lipinski definition) is 0. The second-order valence-corrected chi connectivity index (χ2v) is 7.17. The minimum atomic E-state index is -0.324. The van der Waals surface area contributed by atoms with E-state index in [2.05, 4.69) is 52.0 Å². The molecule has 0 aliphatic heterocycles. The third-order valence-electron chi connectivity index (χ3n) is 6.02. The molecule has 0 saturated heterocycles. The fourth-order valence-electron chi connectivity index (χ4n) is 4.82. The molecule has 2 bridgehead atoms. The van der Waals surface area contributed by atoms with Crippen LogP contribution in [0.1, 0.15) is 47.0 Å². The lowest BCUT2D eigenvalue weighted by Gasteiger charge is -2.52. The van der Waals surface area contributed by atoms with Crippen LogP contribution in [0.3, 0.4) is 0 Å².